The fourth-order valence-electron chi connectivity index (χ4n) is 3.02. The van der Waals surface area contributed by atoms with E-state index in [1.165, 1.54) is 17.0 Å². The Morgan fingerprint density at radius 3 is 2.14 bits per heavy atom. The van der Waals surface area contributed by atoms with Crippen LogP contribution in [0, 0.1) is 0 Å². The second kappa shape index (κ2) is 9.65. The molecular formula is C20H21ClF3N3O2. The van der Waals surface area contributed by atoms with E-state index in [1.807, 2.05) is 30.3 Å². The number of halogens is 4. The second-order valence-electron chi connectivity index (χ2n) is 6.47. The van der Waals surface area contributed by atoms with E-state index in [0.29, 0.717) is 13.1 Å². The van der Waals surface area contributed by atoms with Gasteiger partial charge in [0.15, 0.2) is 0 Å². The maximum atomic E-state index is 12.8. The van der Waals surface area contributed by atoms with E-state index in [0.717, 1.165) is 17.8 Å². The Balaban J connectivity index is 0.00000300. The van der Waals surface area contributed by atoms with Crippen molar-refractivity contribution in [3.63, 3.8) is 0 Å². The molecule has 29 heavy (non-hydrogen) atoms. The lowest BCUT2D eigenvalue weighted by molar-refractivity contribution is -0.137. The molecule has 1 aliphatic heterocycles. The Bertz CT molecular complexity index is 838. The van der Waals surface area contributed by atoms with Crippen molar-refractivity contribution >= 4 is 29.9 Å². The highest BCUT2D eigenvalue weighted by Crippen LogP contribution is 2.29. The first-order valence-corrected chi connectivity index (χ1v) is 8.88. The molecule has 156 valence electrons. The third-order valence-corrected chi connectivity index (χ3v) is 4.57. The number of carbonyl (C=O) groups is 2. The van der Waals surface area contributed by atoms with Gasteiger partial charge in [0.1, 0.15) is 0 Å². The van der Waals surface area contributed by atoms with Crippen LogP contribution >= 0.6 is 12.4 Å². The summed E-state index contributed by atoms with van der Waals surface area (Å²) in [6.07, 6.45) is -4.49. The molecule has 1 heterocycles. The van der Waals surface area contributed by atoms with Gasteiger partial charge in [0, 0.05) is 37.4 Å². The van der Waals surface area contributed by atoms with Crippen molar-refractivity contribution in [3.8, 4) is 0 Å². The van der Waals surface area contributed by atoms with Gasteiger partial charge in [0.2, 0.25) is 5.91 Å². The smallest absolute Gasteiger partial charge is 0.376 e. The largest absolute Gasteiger partial charge is 0.416 e. The zero-order valence-electron chi connectivity index (χ0n) is 15.5. The van der Waals surface area contributed by atoms with Crippen molar-refractivity contribution in [1.82, 2.24) is 9.80 Å². The lowest BCUT2D eigenvalue weighted by Crippen LogP contribution is -2.51. The van der Waals surface area contributed by atoms with Crippen molar-refractivity contribution in [1.29, 1.82) is 0 Å². The molecule has 0 atom stereocenters. The van der Waals surface area contributed by atoms with Crippen molar-refractivity contribution < 1.29 is 22.8 Å². The van der Waals surface area contributed by atoms with Gasteiger partial charge in [-0.05, 0) is 30.3 Å². The number of benzene rings is 2. The molecule has 1 N–H and O–H groups in total. The first-order valence-electron chi connectivity index (χ1n) is 8.88. The van der Waals surface area contributed by atoms with Crippen LogP contribution in [-0.4, -0.2) is 54.3 Å². The highest BCUT2D eigenvalue weighted by molar-refractivity contribution is 5.94. The van der Waals surface area contributed by atoms with Crippen LogP contribution in [0.2, 0.25) is 0 Å². The standard InChI is InChI=1S/C20H20F3N3O2.ClH/c21-20(22,23)16-6-4-5-15(13-16)19(28)26-11-9-25(10-12-26)18(27)14-24-17-7-2-1-3-8-17;/h1-8,13,24H,9-12,14H2;1H. The number of rotatable bonds is 4. The summed E-state index contributed by atoms with van der Waals surface area (Å²) >= 11 is 0. The molecule has 1 aliphatic rings. The van der Waals surface area contributed by atoms with Crippen LogP contribution in [0.15, 0.2) is 54.6 Å². The normalized spacial score (nSPS) is 14.2. The fourth-order valence-corrected chi connectivity index (χ4v) is 3.02. The van der Waals surface area contributed by atoms with Crippen LogP contribution in [-0.2, 0) is 11.0 Å². The van der Waals surface area contributed by atoms with Gasteiger partial charge < -0.3 is 15.1 Å². The van der Waals surface area contributed by atoms with Crippen molar-refractivity contribution in [3.05, 3.63) is 65.7 Å². The number of nitrogens with zero attached hydrogens (tertiary/aromatic N) is 2. The monoisotopic (exact) mass is 427 g/mol. The third-order valence-electron chi connectivity index (χ3n) is 4.57. The molecule has 0 unspecified atom stereocenters. The van der Waals surface area contributed by atoms with Gasteiger partial charge in [-0.25, -0.2) is 0 Å². The summed E-state index contributed by atoms with van der Waals surface area (Å²) in [4.78, 5) is 27.9. The number of alkyl halides is 3. The topological polar surface area (TPSA) is 52.7 Å². The van der Waals surface area contributed by atoms with Crippen LogP contribution in [0.3, 0.4) is 0 Å². The zero-order chi connectivity index (χ0) is 20.1. The van der Waals surface area contributed by atoms with Gasteiger partial charge in [-0.2, -0.15) is 13.2 Å². The summed E-state index contributed by atoms with van der Waals surface area (Å²) in [6, 6.07) is 13.7. The molecule has 2 aromatic rings. The molecule has 0 saturated carbocycles. The molecule has 0 radical (unpaired) electrons. The molecule has 3 rings (SSSR count). The fraction of sp³-hybridized carbons (Fsp3) is 0.300. The van der Waals surface area contributed by atoms with E-state index in [-0.39, 0.29) is 43.5 Å². The molecule has 2 aromatic carbocycles. The minimum absolute atomic E-state index is 0. The summed E-state index contributed by atoms with van der Waals surface area (Å²) in [5.41, 5.74) is -0.00583. The Labute approximate surface area is 172 Å². The maximum absolute atomic E-state index is 12.8. The van der Waals surface area contributed by atoms with Gasteiger partial charge in [-0.3, -0.25) is 9.59 Å². The lowest BCUT2D eigenvalue weighted by Gasteiger charge is -2.35. The number of amides is 2. The highest BCUT2D eigenvalue weighted by atomic mass is 35.5. The summed E-state index contributed by atoms with van der Waals surface area (Å²) in [5.74, 6) is -0.546. The van der Waals surface area contributed by atoms with Crippen LogP contribution in [0.5, 0.6) is 0 Å². The number of hydrogen-bond donors (Lipinski definition) is 1. The van der Waals surface area contributed by atoms with Crippen LogP contribution in [0.1, 0.15) is 15.9 Å². The number of hydrogen-bond acceptors (Lipinski definition) is 3. The van der Waals surface area contributed by atoms with Crippen molar-refractivity contribution in [2.45, 2.75) is 6.18 Å². The number of para-hydroxylation sites is 1. The minimum Gasteiger partial charge on any atom is -0.376 e. The summed E-state index contributed by atoms with van der Waals surface area (Å²) in [7, 11) is 0. The van der Waals surface area contributed by atoms with Gasteiger partial charge in [0.25, 0.3) is 5.91 Å². The number of anilines is 1. The molecule has 0 spiro atoms. The summed E-state index contributed by atoms with van der Waals surface area (Å²) in [6.45, 7) is 1.41. The molecule has 2 amide bonds. The molecule has 1 saturated heterocycles. The van der Waals surface area contributed by atoms with Gasteiger partial charge >= 0.3 is 6.18 Å². The summed E-state index contributed by atoms with van der Waals surface area (Å²) in [5, 5.41) is 3.04. The van der Waals surface area contributed by atoms with Crippen molar-refractivity contribution in [2.24, 2.45) is 0 Å². The second-order valence-corrected chi connectivity index (χ2v) is 6.47. The average molecular weight is 428 g/mol. The van der Waals surface area contributed by atoms with E-state index in [1.54, 1.807) is 4.90 Å². The molecule has 0 bridgehead atoms. The number of nitrogens with one attached hydrogen (secondary N) is 1. The number of piperazine rings is 1. The van der Waals surface area contributed by atoms with Crippen LogP contribution in [0.4, 0.5) is 18.9 Å². The van der Waals surface area contributed by atoms with E-state index in [2.05, 4.69) is 5.32 Å². The van der Waals surface area contributed by atoms with Crippen molar-refractivity contribution in [2.75, 3.05) is 38.0 Å². The van der Waals surface area contributed by atoms with Gasteiger partial charge in [-0.15, -0.1) is 12.4 Å². The SMILES string of the molecule is Cl.O=C(CNc1ccccc1)N1CCN(C(=O)c2cccc(C(F)(F)F)c2)CC1. The lowest BCUT2D eigenvalue weighted by atomic mass is 10.1. The minimum atomic E-state index is -4.49. The van der Waals surface area contributed by atoms with Gasteiger partial charge in [-0.1, -0.05) is 24.3 Å². The third kappa shape index (κ3) is 5.87. The predicted octanol–water partition coefficient (Wildman–Crippen LogP) is 3.52. The first-order chi connectivity index (χ1) is 13.3. The Kier molecular flexibility index (Phi) is 7.50. The van der Waals surface area contributed by atoms with E-state index >= 15 is 0 Å². The Morgan fingerprint density at radius 2 is 1.52 bits per heavy atom. The Hall–Kier alpha value is -2.74. The Morgan fingerprint density at radius 1 is 0.897 bits per heavy atom. The van der Waals surface area contributed by atoms with Gasteiger partial charge in [0.05, 0.1) is 12.1 Å². The summed E-state index contributed by atoms with van der Waals surface area (Å²) < 4.78 is 38.5. The predicted molar refractivity (Wildman–Crippen MR) is 106 cm³/mol. The highest BCUT2D eigenvalue weighted by Gasteiger charge is 2.32. The molecule has 5 nitrogen and oxygen atoms in total. The molecule has 9 heteroatoms. The first kappa shape index (κ1) is 22.5. The molecule has 1 fully saturated rings. The molecule has 0 aliphatic carbocycles. The number of carbonyl (C=O) groups excluding carboxylic acids is 2. The maximum Gasteiger partial charge on any atom is 0.416 e. The molecule has 0 aromatic heterocycles. The van der Waals surface area contributed by atoms with Crippen LogP contribution < -0.4 is 5.32 Å². The molecular weight excluding hydrogens is 407 g/mol. The average Bonchev–Trinajstić information content (AvgIpc) is 2.72. The zero-order valence-corrected chi connectivity index (χ0v) is 16.3. The van der Waals surface area contributed by atoms with Crippen LogP contribution in [0.25, 0.3) is 0 Å². The van der Waals surface area contributed by atoms with E-state index < -0.39 is 17.6 Å². The van der Waals surface area contributed by atoms with E-state index in [9.17, 15) is 22.8 Å². The quantitative estimate of drug-likeness (QED) is 0.812. The van der Waals surface area contributed by atoms with E-state index in [4.69, 9.17) is 0 Å².